The van der Waals surface area contributed by atoms with E-state index in [1.165, 1.54) is 23.0 Å². The second-order valence-corrected chi connectivity index (χ2v) is 8.45. The largest absolute Gasteiger partial charge is 0.418 e. The minimum absolute atomic E-state index is 0.197. The van der Waals surface area contributed by atoms with Gasteiger partial charge in [0.1, 0.15) is 0 Å². The summed E-state index contributed by atoms with van der Waals surface area (Å²) in [6.45, 7) is 0. The zero-order chi connectivity index (χ0) is 25.1. The second-order valence-electron chi connectivity index (χ2n) is 8.45. The van der Waals surface area contributed by atoms with Crippen LogP contribution in [-0.4, -0.2) is 30.2 Å². The summed E-state index contributed by atoms with van der Waals surface area (Å²) in [4.78, 5) is 17.1. The molecule has 0 spiro atoms. The number of alkyl halides is 3. The fraction of sp³-hybridized carbons (Fsp3) is 0.240. The van der Waals surface area contributed by atoms with Crippen LogP contribution < -0.4 is 10.9 Å². The highest BCUT2D eigenvalue weighted by Gasteiger charge is 2.34. The van der Waals surface area contributed by atoms with Crippen LogP contribution in [0.2, 0.25) is 0 Å². The quantitative estimate of drug-likeness (QED) is 0.381. The first-order valence-electron chi connectivity index (χ1n) is 11.5. The summed E-state index contributed by atoms with van der Waals surface area (Å²) in [5, 5.41) is 16.4. The Balaban J connectivity index is 1.39. The van der Waals surface area contributed by atoms with E-state index >= 15 is 0 Å². The highest BCUT2D eigenvalue weighted by atomic mass is 19.4. The lowest BCUT2D eigenvalue weighted by Crippen LogP contribution is -2.22. The van der Waals surface area contributed by atoms with Crippen LogP contribution in [0, 0.1) is 0 Å². The van der Waals surface area contributed by atoms with E-state index in [4.69, 9.17) is 0 Å². The first-order chi connectivity index (χ1) is 17.4. The van der Waals surface area contributed by atoms with Gasteiger partial charge in [0.15, 0.2) is 11.6 Å². The standard InChI is InChI=1S/C25H22F3N7O/c26-25(27,28)20-15-18(17-3-1-2-4-17)8-11-21(20)30-23-24(36)35(14-13-29-23)19-9-5-16(6-10-19)7-12-22-31-33-34-32-22/h3,5-6,8-11,13-15H,1-2,4,7,12H2,(H,29,30)(H,31,32,33,34). The second kappa shape index (κ2) is 9.76. The molecular formula is C25H22F3N7O. The molecule has 0 amide bonds. The van der Waals surface area contributed by atoms with E-state index in [1.807, 2.05) is 18.2 Å². The molecule has 2 heterocycles. The Labute approximate surface area is 203 Å². The number of anilines is 2. The van der Waals surface area contributed by atoms with Gasteiger partial charge in [0.05, 0.1) is 11.3 Å². The molecule has 2 N–H and O–H groups in total. The van der Waals surface area contributed by atoms with Gasteiger partial charge in [-0.1, -0.05) is 29.5 Å². The van der Waals surface area contributed by atoms with Crippen molar-refractivity contribution in [3.8, 4) is 5.69 Å². The summed E-state index contributed by atoms with van der Waals surface area (Å²) in [5.41, 5.74) is 1.41. The number of H-pyrrole nitrogens is 1. The topological polar surface area (TPSA) is 101 Å². The van der Waals surface area contributed by atoms with Gasteiger partial charge in [0.2, 0.25) is 0 Å². The Hall–Kier alpha value is -4.28. The Morgan fingerprint density at radius 1 is 1.08 bits per heavy atom. The van der Waals surface area contributed by atoms with Crippen molar-refractivity contribution in [2.24, 2.45) is 0 Å². The number of aryl methyl sites for hydroxylation is 2. The molecule has 8 nitrogen and oxygen atoms in total. The predicted molar refractivity (Wildman–Crippen MR) is 128 cm³/mol. The molecule has 0 unspecified atom stereocenters. The van der Waals surface area contributed by atoms with Crippen LogP contribution in [0.15, 0.2) is 65.7 Å². The van der Waals surface area contributed by atoms with Gasteiger partial charge in [-0.25, -0.2) is 4.98 Å². The van der Waals surface area contributed by atoms with E-state index < -0.39 is 17.3 Å². The van der Waals surface area contributed by atoms with Crippen molar-refractivity contribution in [1.82, 2.24) is 30.2 Å². The number of aromatic amines is 1. The summed E-state index contributed by atoms with van der Waals surface area (Å²) >= 11 is 0. The SMILES string of the molecule is O=c1c(Nc2ccc(C3=CCCC3)cc2C(F)(F)F)nccn1-c1ccc(CCc2nn[nH]n2)cc1. The lowest BCUT2D eigenvalue weighted by atomic mass is 10.0. The van der Waals surface area contributed by atoms with Crippen LogP contribution >= 0.6 is 0 Å². The Morgan fingerprint density at radius 2 is 1.92 bits per heavy atom. The molecule has 4 aromatic rings. The third-order valence-corrected chi connectivity index (χ3v) is 6.07. The van der Waals surface area contributed by atoms with Crippen LogP contribution in [-0.2, 0) is 19.0 Å². The van der Waals surface area contributed by atoms with Crippen molar-refractivity contribution in [3.05, 3.63) is 93.8 Å². The average molecular weight is 493 g/mol. The molecule has 1 aliphatic carbocycles. The molecule has 2 aromatic heterocycles. The highest BCUT2D eigenvalue weighted by molar-refractivity contribution is 5.72. The first-order valence-corrected chi connectivity index (χ1v) is 11.5. The monoisotopic (exact) mass is 493 g/mol. The van der Waals surface area contributed by atoms with Crippen LogP contribution in [0.1, 0.15) is 41.8 Å². The van der Waals surface area contributed by atoms with Crippen molar-refractivity contribution < 1.29 is 13.2 Å². The van der Waals surface area contributed by atoms with E-state index in [-0.39, 0.29) is 11.5 Å². The summed E-state index contributed by atoms with van der Waals surface area (Å²) in [7, 11) is 0. The van der Waals surface area contributed by atoms with E-state index in [0.717, 1.165) is 36.5 Å². The number of benzene rings is 2. The van der Waals surface area contributed by atoms with E-state index in [0.29, 0.717) is 29.9 Å². The molecule has 1 aliphatic rings. The van der Waals surface area contributed by atoms with E-state index in [9.17, 15) is 18.0 Å². The number of hydrogen-bond donors (Lipinski definition) is 2. The number of tetrazole rings is 1. The molecule has 5 rings (SSSR count). The van der Waals surface area contributed by atoms with Crippen molar-refractivity contribution in [3.63, 3.8) is 0 Å². The molecule has 0 saturated heterocycles. The number of rotatable bonds is 7. The lowest BCUT2D eigenvalue weighted by molar-refractivity contribution is -0.136. The molecule has 0 atom stereocenters. The van der Waals surface area contributed by atoms with Crippen LogP contribution in [0.4, 0.5) is 24.7 Å². The minimum atomic E-state index is -4.59. The number of nitrogens with one attached hydrogen (secondary N) is 2. The molecule has 0 radical (unpaired) electrons. The van der Waals surface area contributed by atoms with Crippen molar-refractivity contribution in [2.75, 3.05) is 5.32 Å². The van der Waals surface area contributed by atoms with Gasteiger partial charge in [-0.2, -0.15) is 18.4 Å². The third kappa shape index (κ3) is 5.04. The predicted octanol–water partition coefficient (Wildman–Crippen LogP) is 4.86. The molecule has 0 saturated carbocycles. The Morgan fingerprint density at radius 3 is 2.61 bits per heavy atom. The van der Waals surface area contributed by atoms with Gasteiger partial charge < -0.3 is 5.32 Å². The smallest absolute Gasteiger partial charge is 0.335 e. The van der Waals surface area contributed by atoms with Gasteiger partial charge in [-0.15, -0.1) is 10.2 Å². The summed E-state index contributed by atoms with van der Waals surface area (Å²) in [6.07, 6.45) is 4.07. The molecule has 0 bridgehead atoms. The molecule has 0 fully saturated rings. The number of hydrogen-bond acceptors (Lipinski definition) is 6. The Bertz CT molecular complexity index is 1440. The minimum Gasteiger partial charge on any atom is -0.335 e. The average Bonchev–Trinajstić information content (AvgIpc) is 3.59. The zero-order valence-corrected chi connectivity index (χ0v) is 19.1. The van der Waals surface area contributed by atoms with Crippen molar-refractivity contribution in [2.45, 2.75) is 38.3 Å². The normalized spacial score (nSPS) is 13.6. The summed E-state index contributed by atoms with van der Waals surface area (Å²) in [5.74, 6) is 0.406. The first kappa shape index (κ1) is 23.5. The number of aromatic nitrogens is 6. The summed E-state index contributed by atoms with van der Waals surface area (Å²) < 4.78 is 43.0. The third-order valence-electron chi connectivity index (χ3n) is 6.07. The fourth-order valence-electron chi connectivity index (χ4n) is 4.22. The number of nitrogens with zero attached hydrogens (tertiary/aromatic N) is 5. The molecule has 184 valence electrons. The van der Waals surface area contributed by atoms with Gasteiger partial charge in [-0.05, 0) is 66.6 Å². The molecule has 36 heavy (non-hydrogen) atoms. The molecule has 0 aliphatic heterocycles. The van der Waals surface area contributed by atoms with Crippen molar-refractivity contribution in [1.29, 1.82) is 0 Å². The van der Waals surface area contributed by atoms with Crippen LogP contribution in [0.5, 0.6) is 0 Å². The molecule has 2 aromatic carbocycles. The van der Waals surface area contributed by atoms with Gasteiger partial charge in [-0.3, -0.25) is 9.36 Å². The molecular weight excluding hydrogens is 471 g/mol. The maximum Gasteiger partial charge on any atom is 0.418 e. The number of allylic oxidation sites excluding steroid dienone is 2. The Kier molecular flexibility index (Phi) is 6.36. The van der Waals surface area contributed by atoms with Gasteiger partial charge >= 0.3 is 6.18 Å². The van der Waals surface area contributed by atoms with Gasteiger partial charge in [0.25, 0.3) is 5.56 Å². The van der Waals surface area contributed by atoms with Crippen molar-refractivity contribution >= 4 is 17.1 Å². The summed E-state index contributed by atoms with van der Waals surface area (Å²) in [6, 6.07) is 11.4. The fourth-order valence-corrected chi connectivity index (χ4v) is 4.22. The maximum absolute atomic E-state index is 13.9. The van der Waals surface area contributed by atoms with Crippen LogP contribution in [0.3, 0.4) is 0 Å². The van der Waals surface area contributed by atoms with E-state index in [2.05, 4.69) is 30.9 Å². The number of halogens is 3. The highest BCUT2D eigenvalue weighted by Crippen LogP contribution is 2.39. The lowest BCUT2D eigenvalue weighted by Gasteiger charge is -2.16. The zero-order valence-electron chi connectivity index (χ0n) is 19.1. The van der Waals surface area contributed by atoms with E-state index in [1.54, 1.807) is 18.2 Å². The van der Waals surface area contributed by atoms with Gasteiger partial charge in [0, 0.05) is 24.5 Å². The molecule has 11 heteroatoms. The maximum atomic E-state index is 13.9. The van der Waals surface area contributed by atoms with Crippen LogP contribution in [0.25, 0.3) is 11.3 Å².